The lowest BCUT2D eigenvalue weighted by Crippen LogP contribution is -2.43. The van der Waals surface area contributed by atoms with Crippen LogP contribution in [-0.4, -0.2) is 41.1 Å². The van der Waals surface area contributed by atoms with Crippen LogP contribution in [0.1, 0.15) is 13.8 Å². The van der Waals surface area contributed by atoms with Crippen molar-refractivity contribution in [1.82, 2.24) is 5.32 Å². The van der Waals surface area contributed by atoms with E-state index in [-0.39, 0.29) is 23.2 Å². The van der Waals surface area contributed by atoms with Crippen molar-refractivity contribution < 1.29 is 22.7 Å². The van der Waals surface area contributed by atoms with E-state index in [2.05, 4.69) is 5.32 Å². The van der Waals surface area contributed by atoms with E-state index in [0.29, 0.717) is 11.5 Å². The van der Waals surface area contributed by atoms with Gasteiger partial charge < -0.3 is 14.8 Å². The van der Waals surface area contributed by atoms with Gasteiger partial charge in [-0.3, -0.25) is 9.10 Å². The number of carbonyl (C=O) groups is 1. The molecule has 2 rings (SSSR count). The highest BCUT2D eigenvalue weighted by atomic mass is 32.2. The summed E-state index contributed by atoms with van der Waals surface area (Å²) < 4.78 is 38.0. The van der Waals surface area contributed by atoms with Gasteiger partial charge in [-0.2, -0.15) is 0 Å². The van der Waals surface area contributed by atoms with Gasteiger partial charge in [0.1, 0.15) is 18.0 Å². The molecule has 0 aliphatic rings. The number of amides is 1. The minimum absolute atomic E-state index is 0.0477. The van der Waals surface area contributed by atoms with Crippen LogP contribution in [0.5, 0.6) is 11.5 Å². The standard InChI is InChI=1S/C19H24N2O5S/c1-14(2)20-19(22)13-21(17-7-5-6-8-18(17)26-4)27(23,24)16-11-9-15(25-3)10-12-16/h5-12,14H,13H2,1-4H3,(H,20,22). The van der Waals surface area contributed by atoms with E-state index in [1.807, 2.05) is 13.8 Å². The number of methoxy groups -OCH3 is 2. The maximum absolute atomic E-state index is 13.3. The average Bonchev–Trinajstić information content (AvgIpc) is 2.65. The van der Waals surface area contributed by atoms with Crippen LogP contribution in [0.4, 0.5) is 5.69 Å². The number of hydrogen-bond donors (Lipinski definition) is 1. The fourth-order valence-corrected chi connectivity index (χ4v) is 3.94. The zero-order chi connectivity index (χ0) is 20.0. The Hall–Kier alpha value is -2.74. The third-order valence-corrected chi connectivity index (χ3v) is 5.51. The lowest BCUT2D eigenvalue weighted by molar-refractivity contribution is -0.120. The van der Waals surface area contributed by atoms with Gasteiger partial charge in [0, 0.05) is 6.04 Å². The minimum Gasteiger partial charge on any atom is -0.497 e. The molecule has 2 aromatic rings. The molecule has 1 N–H and O–H groups in total. The predicted molar refractivity (Wildman–Crippen MR) is 104 cm³/mol. The number of hydrogen-bond acceptors (Lipinski definition) is 5. The van der Waals surface area contributed by atoms with E-state index in [9.17, 15) is 13.2 Å². The molecule has 0 aliphatic carbocycles. The molecule has 146 valence electrons. The molecule has 0 aliphatic heterocycles. The van der Waals surface area contributed by atoms with Crippen LogP contribution < -0.4 is 19.1 Å². The Bertz CT molecular complexity index is 879. The summed E-state index contributed by atoms with van der Waals surface area (Å²) in [7, 11) is -1.06. The number of nitrogens with zero attached hydrogens (tertiary/aromatic N) is 1. The SMILES string of the molecule is COc1ccc(S(=O)(=O)N(CC(=O)NC(C)C)c2ccccc2OC)cc1. The average molecular weight is 392 g/mol. The molecule has 0 aromatic heterocycles. The summed E-state index contributed by atoms with van der Waals surface area (Å²) in [4.78, 5) is 12.4. The van der Waals surface area contributed by atoms with Crippen LogP contribution in [0.3, 0.4) is 0 Å². The maximum Gasteiger partial charge on any atom is 0.264 e. The first-order valence-corrected chi connectivity index (χ1v) is 9.82. The Labute approximate surface area is 160 Å². The van der Waals surface area contributed by atoms with E-state index in [0.717, 1.165) is 4.31 Å². The molecule has 8 heteroatoms. The predicted octanol–water partition coefficient (Wildman–Crippen LogP) is 2.42. The van der Waals surface area contributed by atoms with Crippen LogP contribution in [-0.2, 0) is 14.8 Å². The number of rotatable bonds is 8. The number of benzene rings is 2. The molecule has 0 atom stereocenters. The van der Waals surface area contributed by atoms with Crippen LogP contribution in [0, 0.1) is 0 Å². The van der Waals surface area contributed by atoms with E-state index in [1.54, 1.807) is 36.4 Å². The highest BCUT2D eigenvalue weighted by molar-refractivity contribution is 7.92. The van der Waals surface area contributed by atoms with Gasteiger partial charge in [0.25, 0.3) is 10.0 Å². The lowest BCUT2D eigenvalue weighted by atomic mass is 10.3. The third-order valence-electron chi connectivity index (χ3n) is 3.74. The summed E-state index contributed by atoms with van der Waals surface area (Å²) in [6, 6.07) is 12.6. The van der Waals surface area contributed by atoms with Crippen molar-refractivity contribution in [1.29, 1.82) is 0 Å². The molecule has 7 nitrogen and oxygen atoms in total. The fraction of sp³-hybridized carbons (Fsp3) is 0.316. The second kappa shape index (κ2) is 8.77. The van der Waals surface area contributed by atoms with Crippen LogP contribution in [0.15, 0.2) is 53.4 Å². The molecule has 0 bridgehead atoms. The van der Waals surface area contributed by atoms with Gasteiger partial charge in [0.05, 0.1) is 24.8 Å². The van der Waals surface area contributed by atoms with E-state index < -0.39 is 15.9 Å². The van der Waals surface area contributed by atoms with Crippen molar-refractivity contribution in [3.63, 3.8) is 0 Å². The molecule has 0 heterocycles. The molecular formula is C19H24N2O5S. The Morgan fingerprint density at radius 2 is 1.67 bits per heavy atom. The van der Waals surface area contributed by atoms with Gasteiger partial charge >= 0.3 is 0 Å². The van der Waals surface area contributed by atoms with Crippen molar-refractivity contribution in [3.8, 4) is 11.5 Å². The highest BCUT2D eigenvalue weighted by Crippen LogP contribution is 2.32. The molecule has 0 radical (unpaired) electrons. The molecule has 0 unspecified atom stereocenters. The van der Waals surface area contributed by atoms with Gasteiger partial charge in [-0.05, 0) is 50.2 Å². The summed E-state index contributed by atoms with van der Waals surface area (Å²) in [5, 5.41) is 2.72. The molecule has 0 fully saturated rings. The first-order valence-electron chi connectivity index (χ1n) is 8.38. The third kappa shape index (κ3) is 4.91. The summed E-state index contributed by atoms with van der Waals surface area (Å²) >= 11 is 0. The smallest absolute Gasteiger partial charge is 0.264 e. The number of nitrogens with one attached hydrogen (secondary N) is 1. The summed E-state index contributed by atoms with van der Waals surface area (Å²) in [6.45, 7) is 3.25. The fourth-order valence-electron chi connectivity index (χ4n) is 2.51. The topological polar surface area (TPSA) is 84.9 Å². The van der Waals surface area contributed by atoms with E-state index in [4.69, 9.17) is 9.47 Å². The Morgan fingerprint density at radius 1 is 1.04 bits per heavy atom. The van der Waals surface area contributed by atoms with Gasteiger partial charge in [-0.1, -0.05) is 12.1 Å². The molecule has 0 saturated carbocycles. The minimum atomic E-state index is -4.01. The zero-order valence-corrected chi connectivity index (χ0v) is 16.6. The van der Waals surface area contributed by atoms with Crippen LogP contribution in [0.2, 0.25) is 0 Å². The molecule has 0 saturated heterocycles. The molecule has 0 spiro atoms. The van der Waals surface area contributed by atoms with Crippen molar-refractivity contribution >= 4 is 21.6 Å². The van der Waals surface area contributed by atoms with Gasteiger partial charge in [0.15, 0.2) is 0 Å². The highest BCUT2D eigenvalue weighted by Gasteiger charge is 2.29. The second-order valence-electron chi connectivity index (χ2n) is 6.08. The summed E-state index contributed by atoms with van der Waals surface area (Å²) in [5.41, 5.74) is 0.287. The van der Waals surface area contributed by atoms with Crippen molar-refractivity contribution in [2.75, 3.05) is 25.1 Å². The van der Waals surface area contributed by atoms with Crippen LogP contribution >= 0.6 is 0 Å². The summed E-state index contributed by atoms with van der Waals surface area (Å²) in [5.74, 6) is 0.482. The number of ether oxygens (including phenoxy) is 2. The Kier molecular flexibility index (Phi) is 6.68. The van der Waals surface area contributed by atoms with Crippen molar-refractivity contribution in [2.24, 2.45) is 0 Å². The van der Waals surface area contributed by atoms with Gasteiger partial charge in [0.2, 0.25) is 5.91 Å². The number of para-hydroxylation sites is 2. The normalized spacial score (nSPS) is 11.1. The zero-order valence-electron chi connectivity index (χ0n) is 15.8. The maximum atomic E-state index is 13.3. The first kappa shape index (κ1) is 20.6. The van der Waals surface area contributed by atoms with Crippen molar-refractivity contribution in [3.05, 3.63) is 48.5 Å². The molecular weight excluding hydrogens is 368 g/mol. The van der Waals surface area contributed by atoms with Gasteiger partial charge in [-0.15, -0.1) is 0 Å². The molecule has 1 amide bonds. The number of anilines is 1. The monoisotopic (exact) mass is 392 g/mol. The molecule has 2 aromatic carbocycles. The molecule has 27 heavy (non-hydrogen) atoms. The van der Waals surface area contributed by atoms with Crippen LogP contribution in [0.25, 0.3) is 0 Å². The number of sulfonamides is 1. The Balaban J connectivity index is 2.51. The van der Waals surface area contributed by atoms with Gasteiger partial charge in [-0.25, -0.2) is 8.42 Å². The van der Waals surface area contributed by atoms with E-state index >= 15 is 0 Å². The van der Waals surface area contributed by atoms with Crippen molar-refractivity contribution in [2.45, 2.75) is 24.8 Å². The second-order valence-corrected chi connectivity index (χ2v) is 7.94. The Morgan fingerprint density at radius 3 is 2.22 bits per heavy atom. The quantitative estimate of drug-likeness (QED) is 0.746. The lowest BCUT2D eigenvalue weighted by Gasteiger charge is -2.26. The first-order chi connectivity index (χ1) is 12.8. The summed E-state index contributed by atoms with van der Waals surface area (Å²) in [6.07, 6.45) is 0. The van der Waals surface area contributed by atoms with E-state index in [1.165, 1.54) is 26.4 Å². The largest absolute Gasteiger partial charge is 0.497 e. The number of carbonyl (C=O) groups excluding carboxylic acids is 1.